The van der Waals surface area contributed by atoms with Gasteiger partial charge in [-0.15, -0.1) is 11.3 Å². The van der Waals surface area contributed by atoms with Crippen LogP contribution in [0.3, 0.4) is 0 Å². The number of nitrogens with one attached hydrogen (secondary N) is 1. The van der Waals surface area contributed by atoms with Crippen LogP contribution >= 0.6 is 11.3 Å². The smallest absolute Gasteiger partial charge is 0.113 e. The van der Waals surface area contributed by atoms with Crippen molar-refractivity contribution in [3.63, 3.8) is 0 Å². The van der Waals surface area contributed by atoms with E-state index in [1.807, 2.05) is 6.92 Å². The molecule has 0 spiro atoms. The van der Waals surface area contributed by atoms with E-state index in [2.05, 4.69) is 43.4 Å². The van der Waals surface area contributed by atoms with Gasteiger partial charge in [-0.2, -0.15) is 0 Å². The van der Waals surface area contributed by atoms with Crippen LogP contribution in [0, 0.1) is 6.92 Å². The van der Waals surface area contributed by atoms with Crippen molar-refractivity contribution in [2.24, 2.45) is 0 Å². The van der Waals surface area contributed by atoms with Gasteiger partial charge in [0.1, 0.15) is 5.01 Å². The molecule has 18 heavy (non-hydrogen) atoms. The van der Waals surface area contributed by atoms with Crippen molar-refractivity contribution in [3.8, 4) is 0 Å². The Morgan fingerprint density at radius 2 is 2.06 bits per heavy atom. The summed E-state index contributed by atoms with van der Waals surface area (Å²) in [5.41, 5.74) is 0.818. The minimum absolute atomic E-state index is 0.117. The van der Waals surface area contributed by atoms with E-state index in [0.29, 0.717) is 0 Å². The molecule has 0 radical (unpaired) electrons. The van der Waals surface area contributed by atoms with E-state index in [1.54, 1.807) is 18.4 Å². The molecule has 0 bridgehead atoms. The lowest BCUT2D eigenvalue weighted by molar-refractivity contribution is -0.00726. The molecule has 104 valence electrons. The molecule has 0 fully saturated rings. The minimum Gasteiger partial charge on any atom is -0.379 e. The van der Waals surface area contributed by atoms with Crippen molar-refractivity contribution >= 4 is 11.3 Å². The second-order valence-electron chi connectivity index (χ2n) is 5.69. The molecule has 0 amide bonds. The Hall–Kier alpha value is -0.450. The molecule has 0 aliphatic rings. The van der Waals surface area contributed by atoms with E-state index in [4.69, 9.17) is 4.74 Å². The third kappa shape index (κ3) is 4.04. The number of hydrogen-bond donors (Lipinski definition) is 1. The molecule has 0 aliphatic heterocycles. The summed E-state index contributed by atoms with van der Waals surface area (Å²) in [5, 5.41) is 6.90. The maximum atomic E-state index is 5.58. The standard InChI is InChI=1S/C14H26N2OS/c1-7-8-15-14(5,10-13(3,4)17-6)12-16-11(2)9-18-12/h9,15H,7-8,10H2,1-6H3. The molecule has 1 aromatic rings. The number of hydrogen-bond acceptors (Lipinski definition) is 4. The topological polar surface area (TPSA) is 34.1 Å². The van der Waals surface area contributed by atoms with Gasteiger partial charge in [0.25, 0.3) is 0 Å². The number of thiazole rings is 1. The second-order valence-corrected chi connectivity index (χ2v) is 6.55. The second kappa shape index (κ2) is 6.13. The quantitative estimate of drug-likeness (QED) is 0.823. The van der Waals surface area contributed by atoms with Gasteiger partial charge < -0.3 is 10.1 Å². The first kappa shape index (κ1) is 15.6. The SMILES string of the molecule is CCCNC(C)(CC(C)(C)OC)c1nc(C)cs1. The number of aryl methyl sites for hydroxylation is 1. The Kier molecular flexibility index (Phi) is 5.32. The van der Waals surface area contributed by atoms with Crippen molar-refractivity contribution in [2.75, 3.05) is 13.7 Å². The summed E-state index contributed by atoms with van der Waals surface area (Å²) in [6.07, 6.45) is 2.02. The lowest BCUT2D eigenvalue weighted by Crippen LogP contribution is -2.45. The molecule has 0 saturated heterocycles. The number of aromatic nitrogens is 1. The zero-order chi connectivity index (χ0) is 13.8. The molecule has 0 aliphatic carbocycles. The van der Waals surface area contributed by atoms with Crippen LogP contribution in [0.25, 0.3) is 0 Å². The van der Waals surface area contributed by atoms with Crippen molar-refractivity contribution in [3.05, 3.63) is 16.1 Å². The number of methoxy groups -OCH3 is 1. The molecule has 1 unspecified atom stereocenters. The van der Waals surface area contributed by atoms with Crippen LogP contribution in [-0.4, -0.2) is 24.2 Å². The van der Waals surface area contributed by atoms with Gasteiger partial charge in [0.05, 0.1) is 11.1 Å². The summed E-state index contributed by atoms with van der Waals surface area (Å²) in [5.74, 6) is 0. The summed E-state index contributed by atoms with van der Waals surface area (Å²) in [7, 11) is 1.77. The van der Waals surface area contributed by atoms with E-state index >= 15 is 0 Å². The van der Waals surface area contributed by atoms with E-state index < -0.39 is 0 Å². The average Bonchev–Trinajstić information content (AvgIpc) is 2.73. The lowest BCUT2D eigenvalue weighted by atomic mass is 9.88. The van der Waals surface area contributed by atoms with Gasteiger partial charge in [-0.05, 0) is 40.7 Å². The van der Waals surface area contributed by atoms with Gasteiger partial charge in [0.2, 0.25) is 0 Å². The van der Waals surface area contributed by atoms with Crippen LogP contribution in [0.1, 0.15) is 51.2 Å². The maximum absolute atomic E-state index is 5.58. The normalized spacial score (nSPS) is 15.7. The van der Waals surface area contributed by atoms with Crippen molar-refractivity contribution in [1.29, 1.82) is 0 Å². The zero-order valence-corrected chi connectivity index (χ0v) is 13.3. The van der Waals surface area contributed by atoms with Crippen LogP contribution in [-0.2, 0) is 10.3 Å². The summed E-state index contributed by atoms with van der Waals surface area (Å²) in [6.45, 7) is 11.7. The third-order valence-corrected chi connectivity index (χ3v) is 4.41. The molecule has 1 N–H and O–H groups in total. The van der Waals surface area contributed by atoms with Gasteiger partial charge >= 0.3 is 0 Å². The predicted molar refractivity (Wildman–Crippen MR) is 78.2 cm³/mol. The first-order chi connectivity index (χ1) is 8.33. The Bertz CT molecular complexity index is 376. The van der Waals surface area contributed by atoms with Gasteiger partial charge in [-0.3, -0.25) is 0 Å². The monoisotopic (exact) mass is 270 g/mol. The Labute approximate surface area is 115 Å². The highest BCUT2D eigenvalue weighted by molar-refractivity contribution is 7.09. The molecule has 1 heterocycles. The van der Waals surface area contributed by atoms with Crippen LogP contribution in [0.15, 0.2) is 5.38 Å². The van der Waals surface area contributed by atoms with E-state index in [9.17, 15) is 0 Å². The highest BCUT2D eigenvalue weighted by Gasteiger charge is 2.35. The molecular formula is C14H26N2OS. The van der Waals surface area contributed by atoms with Crippen molar-refractivity contribution in [1.82, 2.24) is 10.3 Å². The Morgan fingerprint density at radius 3 is 2.50 bits per heavy atom. The van der Waals surface area contributed by atoms with Gasteiger partial charge in [0.15, 0.2) is 0 Å². The largest absolute Gasteiger partial charge is 0.379 e. The highest BCUT2D eigenvalue weighted by atomic mass is 32.1. The van der Waals surface area contributed by atoms with Gasteiger partial charge in [0, 0.05) is 24.6 Å². The van der Waals surface area contributed by atoms with E-state index in [1.165, 1.54) is 0 Å². The fourth-order valence-electron chi connectivity index (χ4n) is 2.15. The highest BCUT2D eigenvalue weighted by Crippen LogP contribution is 2.33. The molecule has 0 saturated carbocycles. The predicted octanol–water partition coefficient (Wildman–Crippen LogP) is 3.48. The molecule has 1 atom stereocenters. The number of ether oxygens (including phenoxy) is 1. The van der Waals surface area contributed by atoms with Gasteiger partial charge in [-0.25, -0.2) is 4.98 Å². The van der Waals surface area contributed by atoms with Crippen LogP contribution in [0.4, 0.5) is 0 Å². The summed E-state index contributed by atoms with van der Waals surface area (Å²) in [4.78, 5) is 4.65. The lowest BCUT2D eigenvalue weighted by Gasteiger charge is -2.36. The van der Waals surface area contributed by atoms with E-state index in [-0.39, 0.29) is 11.1 Å². The molecule has 1 rings (SSSR count). The van der Waals surface area contributed by atoms with Crippen LogP contribution in [0.2, 0.25) is 0 Å². The summed E-state index contributed by atoms with van der Waals surface area (Å²) < 4.78 is 5.58. The zero-order valence-electron chi connectivity index (χ0n) is 12.5. The average molecular weight is 270 g/mol. The van der Waals surface area contributed by atoms with Crippen LogP contribution < -0.4 is 5.32 Å². The molecule has 4 heteroatoms. The van der Waals surface area contributed by atoms with Gasteiger partial charge in [-0.1, -0.05) is 6.92 Å². The first-order valence-corrected chi connectivity index (χ1v) is 7.44. The maximum Gasteiger partial charge on any atom is 0.113 e. The molecular weight excluding hydrogens is 244 g/mol. The fraction of sp³-hybridized carbons (Fsp3) is 0.786. The van der Waals surface area contributed by atoms with E-state index in [0.717, 1.165) is 30.1 Å². The summed E-state index contributed by atoms with van der Waals surface area (Å²) in [6, 6.07) is 0. The molecule has 3 nitrogen and oxygen atoms in total. The number of nitrogens with zero attached hydrogens (tertiary/aromatic N) is 1. The first-order valence-electron chi connectivity index (χ1n) is 6.56. The third-order valence-electron chi connectivity index (χ3n) is 3.19. The number of rotatable bonds is 7. The van der Waals surface area contributed by atoms with Crippen molar-refractivity contribution in [2.45, 2.75) is 58.6 Å². The minimum atomic E-state index is -0.158. The summed E-state index contributed by atoms with van der Waals surface area (Å²) >= 11 is 1.73. The van der Waals surface area contributed by atoms with Crippen molar-refractivity contribution < 1.29 is 4.74 Å². The van der Waals surface area contributed by atoms with Crippen LogP contribution in [0.5, 0.6) is 0 Å². The Balaban J connectivity index is 2.95. The Morgan fingerprint density at radius 1 is 1.39 bits per heavy atom. The fourth-order valence-corrected chi connectivity index (χ4v) is 3.08. The molecule has 1 aromatic heterocycles. The molecule has 0 aromatic carbocycles.